The molecular formula is C15H14BrClN2O2. The summed E-state index contributed by atoms with van der Waals surface area (Å²) in [5.41, 5.74) is 2.08. The Bertz CT molecular complexity index is 649. The molecule has 0 aliphatic rings. The Balaban J connectivity index is 2.21. The van der Waals surface area contributed by atoms with Crippen LogP contribution < -0.4 is 5.32 Å². The summed E-state index contributed by atoms with van der Waals surface area (Å²) < 4.78 is 5.77. The van der Waals surface area contributed by atoms with Gasteiger partial charge in [-0.3, -0.25) is 4.79 Å². The van der Waals surface area contributed by atoms with Crippen molar-refractivity contribution >= 4 is 39.1 Å². The minimum Gasteiger partial charge on any atom is -0.384 e. The lowest BCUT2D eigenvalue weighted by molar-refractivity contribution is 0.102. The third-order valence-corrected chi connectivity index (χ3v) is 3.63. The highest BCUT2D eigenvalue weighted by molar-refractivity contribution is 9.10. The van der Waals surface area contributed by atoms with Gasteiger partial charge in [-0.15, -0.1) is 0 Å². The molecule has 0 aliphatic heterocycles. The monoisotopic (exact) mass is 368 g/mol. The molecule has 0 fully saturated rings. The van der Waals surface area contributed by atoms with E-state index in [2.05, 4.69) is 26.2 Å². The van der Waals surface area contributed by atoms with Gasteiger partial charge in [-0.25, -0.2) is 4.98 Å². The number of ether oxygens (including phenoxy) is 1. The highest BCUT2D eigenvalue weighted by atomic mass is 79.9. The number of para-hydroxylation sites is 1. The number of carbonyl (C=O) groups is 1. The van der Waals surface area contributed by atoms with Crippen LogP contribution in [0, 0.1) is 0 Å². The van der Waals surface area contributed by atoms with Gasteiger partial charge >= 0.3 is 0 Å². The summed E-state index contributed by atoms with van der Waals surface area (Å²) in [6, 6.07) is 9.24. The molecule has 0 bridgehead atoms. The standard InChI is InChI=1S/C15H14BrClN2O2/c1-21-7-6-10-4-2-3-5-13(10)19-15(20)12-8-11(16)9-18-14(12)17/h2-5,8-9H,6-7H2,1H3,(H,19,20). The first-order valence-corrected chi connectivity index (χ1v) is 7.48. The zero-order valence-electron chi connectivity index (χ0n) is 11.4. The molecule has 6 heteroatoms. The number of rotatable bonds is 5. The number of benzene rings is 1. The van der Waals surface area contributed by atoms with Gasteiger partial charge in [-0.2, -0.15) is 0 Å². The van der Waals surface area contributed by atoms with Gasteiger partial charge in [0.25, 0.3) is 5.91 Å². The van der Waals surface area contributed by atoms with Gasteiger partial charge in [-0.1, -0.05) is 29.8 Å². The SMILES string of the molecule is COCCc1ccccc1NC(=O)c1cc(Br)cnc1Cl. The van der Waals surface area contributed by atoms with Crippen molar-refractivity contribution in [2.75, 3.05) is 19.0 Å². The smallest absolute Gasteiger partial charge is 0.258 e. The van der Waals surface area contributed by atoms with Gasteiger partial charge in [0.2, 0.25) is 0 Å². The molecule has 21 heavy (non-hydrogen) atoms. The van der Waals surface area contributed by atoms with E-state index < -0.39 is 0 Å². The van der Waals surface area contributed by atoms with Crippen molar-refractivity contribution in [3.05, 3.63) is 57.3 Å². The lowest BCUT2D eigenvalue weighted by Gasteiger charge is -2.11. The summed E-state index contributed by atoms with van der Waals surface area (Å²) in [7, 11) is 1.65. The van der Waals surface area contributed by atoms with Crippen LogP contribution in [0.25, 0.3) is 0 Å². The van der Waals surface area contributed by atoms with Crippen LogP contribution in [0.5, 0.6) is 0 Å². The van der Waals surface area contributed by atoms with E-state index in [1.165, 1.54) is 0 Å². The molecule has 0 saturated carbocycles. The number of hydrogen-bond donors (Lipinski definition) is 1. The number of amides is 1. The molecule has 1 aromatic carbocycles. The van der Waals surface area contributed by atoms with Gasteiger partial charge in [0.1, 0.15) is 5.15 Å². The Morgan fingerprint density at radius 3 is 2.95 bits per heavy atom. The molecule has 1 heterocycles. The predicted molar refractivity (Wildman–Crippen MR) is 86.9 cm³/mol. The fraction of sp³-hybridized carbons (Fsp3) is 0.200. The van der Waals surface area contributed by atoms with E-state index in [-0.39, 0.29) is 11.1 Å². The van der Waals surface area contributed by atoms with Crippen molar-refractivity contribution < 1.29 is 9.53 Å². The maximum atomic E-state index is 12.3. The molecule has 0 radical (unpaired) electrons. The van der Waals surface area contributed by atoms with Crippen molar-refractivity contribution in [1.82, 2.24) is 4.98 Å². The van der Waals surface area contributed by atoms with Gasteiger partial charge < -0.3 is 10.1 Å². The number of aromatic nitrogens is 1. The first-order chi connectivity index (χ1) is 10.1. The minimum absolute atomic E-state index is 0.171. The Labute approximate surface area is 136 Å². The second kappa shape index (κ2) is 7.54. The van der Waals surface area contributed by atoms with Crippen LogP contribution in [0.2, 0.25) is 5.15 Å². The number of nitrogens with one attached hydrogen (secondary N) is 1. The normalized spacial score (nSPS) is 10.4. The van der Waals surface area contributed by atoms with Crippen molar-refractivity contribution in [2.24, 2.45) is 0 Å². The predicted octanol–water partition coefficient (Wildman–Crippen LogP) is 3.94. The molecular weight excluding hydrogens is 356 g/mol. The van der Waals surface area contributed by atoms with E-state index in [4.69, 9.17) is 16.3 Å². The summed E-state index contributed by atoms with van der Waals surface area (Å²) in [5.74, 6) is -0.293. The number of anilines is 1. The molecule has 0 saturated heterocycles. The third kappa shape index (κ3) is 4.27. The van der Waals surface area contributed by atoms with Crippen molar-refractivity contribution in [3.63, 3.8) is 0 Å². The fourth-order valence-corrected chi connectivity index (χ4v) is 2.36. The van der Waals surface area contributed by atoms with Crippen molar-refractivity contribution in [3.8, 4) is 0 Å². The number of pyridine rings is 1. The van der Waals surface area contributed by atoms with Crippen LogP contribution in [-0.4, -0.2) is 24.6 Å². The molecule has 0 atom stereocenters. The van der Waals surface area contributed by atoms with Crippen LogP contribution in [0.4, 0.5) is 5.69 Å². The fourth-order valence-electron chi connectivity index (χ4n) is 1.84. The Kier molecular flexibility index (Phi) is 5.73. The average molecular weight is 370 g/mol. The van der Waals surface area contributed by atoms with Crippen LogP contribution in [0.1, 0.15) is 15.9 Å². The number of halogens is 2. The molecule has 0 spiro atoms. The van der Waals surface area contributed by atoms with Crippen LogP contribution in [0.3, 0.4) is 0 Å². The van der Waals surface area contributed by atoms with Crippen LogP contribution in [-0.2, 0) is 11.2 Å². The van der Waals surface area contributed by atoms with Crippen molar-refractivity contribution in [1.29, 1.82) is 0 Å². The highest BCUT2D eigenvalue weighted by Crippen LogP contribution is 2.21. The maximum absolute atomic E-state index is 12.3. The second-order valence-corrected chi connectivity index (χ2v) is 5.62. The molecule has 110 valence electrons. The quantitative estimate of drug-likeness (QED) is 0.812. The Morgan fingerprint density at radius 1 is 1.43 bits per heavy atom. The van der Waals surface area contributed by atoms with E-state index >= 15 is 0 Å². The van der Waals surface area contributed by atoms with Gasteiger partial charge in [0.05, 0.1) is 12.2 Å². The van der Waals surface area contributed by atoms with E-state index in [1.807, 2.05) is 24.3 Å². The largest absolute Gasteiger partial charge is 0.384 e. The minimum atomic E-state index is -0.293. The van der Waals surface area contributed by atoms with E-state index in [9.17, 15) is 4.79 Å². The lowest BCUT2D eigenvalue weighted by Crippen LogP contribution is -2.14. The topological polar surface area (TPSA) is 51.2 Å². The first-order valence-electron chi connectivity index (χ1n) is 6.31. The molecule has 2 aromatic rings. The molecule has 0 unspecified atom stereocenters. The first kappa shape index (κ1) is 15.9. The lowest BCUT2D eigenvalue weighted by atomic mass is 10.1. The van der Waals surface area contributed by atoms with Crippen LogP contribution >= 0.6 is 27.5 Å². The molecule has 4 nitrogen and oxygen atoms in total. The molecule has 2 rings (SSSR count). The Hall–Kier alpha value is -1.43. The Morgan fingerprint density at radius 2 is 2.19 bits per heavy atom. The molecule has 1 amide bonds. The summed E-state index contributed by atoms with van der Waals surface area (Å²) >= 11 is 9.25. The summed E-state index contributed by atoms with van der Waals surface area (Å²) in [4.78, 5) is 16.3. The summed E-state index contributed by atoms with van der Waals surface area (Å²) in [6.45, 7) is 0.589. The highest BCUT2D eigenvalue weighted by Gasteiger charge is 2.13. The van der Waals surface area contributed by atoms with E-state index in [0.717, 1.165) is 17.7 Å². The molecule has 1 aromatic heterocycles. The number of carbonyl (C=O) groups excluding carboxylic acids is 1. The molecule has 0 aliphatic carbocycles. The van der Waals surface area contributed by atoms with Crippen molar-refractivity contribution in [2.45, 2.75) is 6.42 Å². The molecule has 1 N–H and O–H groups in total. The zero-order chi connectivity index (χ0) is 15.2. The van der Waals surface area contributed by atoms with Crippen LogP contribution in [0.15, 0.2) is 41.0 Å². The zero-order valence-corrected chi connectivity index (χ0v) is 13.7. The average Bonchev–Trinajstić information content (AvgIpc) is 2.48. The second-order valence-electron chi connectivity index (χ2n) is 4.35. The summed E-state index contributed by atoms with van der Waals surface area (Å²) in [6.07, 6.45) is 2.27. The van der Waals surface area contributed by atoms with Gasteiger partial charge in [0.15, 0.2) is 0 Å². The number of hydrogen-bond acceptors (Lipinski definition) is 3. The van der Waals surface area contributed by atoms with Gasteiger partial charge in [-0.05, 0) is 40.0 Å². The maximum Gasteiger partial charge on any atom is 0.258 e. The number of nitrogens with zero attached hydrogens (tertiary/aromatic N) is 1. The summed E-state index contributed by atoms with van der Waals surface area (Å²) in [5, 5.41) is 3.04. The van der Waals surface area contributed by atoms with E-state index in [1.54, 1.807) is 19.4 Å². The number of methoxy groups -OCH3 is 1. The van der Waals surface area contributed by atoms with Gasteiger partial charge in [0, 0.05) is 23.5 Å². The van der Waals surface area contributed by atoms with E-state index in [0.29, 0.717) is 16.6 Å². The third-order valence-electron chi connectivity index (χ3n) is 2.89.